The molecule has 0 spiro atoms. The van der Waals surface area contributed by atoms with E-state index in [2.05, 4.69) is 41.5 Å². The molecule has 0 radical (unpaired) electrons. The maximum Gasteiger partial charge on any atom is -0.0237 e. The third kappa shape index (κ3) is 1.01. The van der Waals surface area contributed by atoms with Gasteiger partial charge in [0.05, 0.1) is 0 Å². The fourth-order valence-corrected chi connectivity index (χ4v) is 4.20. The summed E-state index contributed by atoms with van der Waals surface area (Å²) in [5.74, 6) is 3.91. The highest BCUT2D eigenvalue weighted by Crippen LogP contribution is 2.81. The largest absolute Gasteiger partial charge is 0.0651 e. The van der Waals surface area contributed by atoms with Crippen molar-refractivity contribution in [2.75, 3.05) is 0 Å². The van der Waals surface area contributed by atoms with Crippen LogP contribution < -0.4 is 0 Å². The summed E-state index contributed by atoms with van der Waals surface area (Å²) in [6.07, 6.45) is 2.85. The van der Waals surface area contributed by atoms with Crippen LogP contribution in [0.3, 0.4) is 0 Å². The summed E-state index contributed by atoms with van der Waals surface area (Å²) < 4.78 is 0. The van der Waals surface area contributed by atoms with Gasteiger partial charge >= 0.3 is 0 Å². The third-order valence-electron chi connectivity index (χ3n) is 6.15. The van der Waals surface area contributed by atoms with Gasteiger partial charge in [0, 0.05) is 0 Å². The predicted octanol–water partition coefficient (Wildman–Crippen LogP) is 4.35. The first-order valence-electron chi connectivity index (χ1n) is 6.36. The average molecular weight is 194 g/mol. The summed E-state index contributed by atoms with van der Waals surface area (Å²) in [4.78, 5) is 0. The summed E-state index contributed by atoms with van der Waals surface area (Å²) in [5.41, 5.74) is 1.33. The van der Waals surface area contributed by atoms with Gasteiger partial charge in [-0.3, -0.25) is 0 Å². The van der Waals surface area contributed by atoms with Crippen LogP contribution in [0.25, 0.3) is 0 Å². The summed E-state index contributed by atoms with van der Waals surface area (Å²) in [6, 6.07) is 0. The molecule has 5 unspecified atom stereocenters. The van der Waals surface area contributed by atoms with Gasteiger partial charge in [0.1, 0.15) is 0 Å². The number of rotatable bonds is 3. The minimum atomic E-state index is 0.612. The molecule has 0 heteroatoms. The summed E-state index contributed by atoms with van der Waals surface area (Å²) in [6.45, 7) is 14.7. The Balaban J connectivity index is 2.08. The van der Waals surface area contributed by atoms with Crippen LogP contribution in [0.2, 0.25) is 0 Å². The van der Waals surface area contributed by atoms with E-state index in [0.29, 0.717) is 5.41 Å². The Kier molecular flexibility index (Phi) is 2.08. The molecule has 0 saturated heterocycles. The van der Waals surface area contributed by atoms with E-state index in [-0.39, 0.29) is 0 Å². The van der Waals surface area contributed by atoms with Crippen LogP contribution in [0, 0.1) is 34.5 Å². The van der Waals surface area contributed by atoms with Gasteiger partial charge in [-0.1, -0.05) is 48.0 Å². The second-order valence-electron chi connectivity index (χ2n) is 6.72. The van der Waals surface area contributed by atoms with Gasteiger partial charge in [0.25, 0.3) is 0 Å². The standard InChI is InChI=1S/C14H26/c1-7-9(2)10(3)12-11-8-14(11,6)13(12,4)5/h9-12H,7-8H2,1-6H3. The minimum absolute atomic E-state index is 0.612. The molecular weight excluding hydrogens is 168 g/mol. The average Bonchev–Trinajstić information content (AvgIpc) is 2.74. The Labute approximate surface area is 89.5 Å². The monoisotopic (exact) mass is 194 g/mol. The Morgan fingerprint density at radius 3 is 2.14 bits per heavy atom. The van der Waals surface area contributed by atoms with Crippen LogP contribution in [0.1, 0.15) is 54.4 Å². The maximum atomic E-state index is 2.50. The first kappa shape index (κ1) is 10.5. The Bertz CT molecular complexity index is 240. The van der Waals surface area contributed by atoms with E-state index in [1.54, 1.807) is 0 Å². The van der Waals surface area contributed by atoms with E-state index in [1.807, 2.05) is 0 Å². The molecule has 0 bridgehead atoms. The van der Waals surface area contributed by atoms with Crippen molar-refractivity contribution in [3.8, 4) is 0 Å². The summed E-state index contributed by atoms with van der Waals surface area (Å²) in [5, 5.41) is 0. The van der Waals surface area contributed by atoms with Gasteiger partial charge in [-0.05, 0) is 40.9 Å². The van der Waals surface area contributed by atoms with Crippen LogP contribution in [0.4, 0.5) is 0 Å². The second kappa shape index (κ2) is 2.77. The molecule has 0 N–H and O–H groups in total. The molecule has 0 aromatic heterocycles. The fraction of sp³-hybridized carbons (Fsp3) is 1.00. The van der Waals surface area contributed by atoms with E-state index in [1.165, 1.54) is 12.8 Å². The smallest absolute Gasteiger partial charge is 0.0237 e. The molecule has 2 fully saturated rings. The van der Waals surface area contributed by atoms with Gasteiger partial charge in [0.15, 0.2) is 0 Å². The molecule has 2 saturated carbocycles. The van der Waals surface area contributed by atoms with Crippen LogP contribution in [-0.2, 0) is 0 Å². The number of hydrogen-bond donors (Lipinski definition) is 0. The highest BCUT2D eigenvalue weighted by atomic mass is 14.8. The quantitative estimate of drug-likeness (QED) is 0.626. The van der Waals surface area contributed by atoms with Crippen molar-refractivity contribution in [3.05, 3.63) is 0 Å². The molecule has 2 aliphatic rings. The van der Waals surface area contributed by atoms with E-state index < -0.39 is 0 Å². The fourth-order valence-electron chi connectivity index (χ4n) is 4.20. The van der Waals surface area contributed by atoms with Gasteiger partial charge in [0.2, 0.25) is 0 Å². The summed E-state index contributed by atoms with van der Waals surface area (Å²) in [7, 11) is 0. The van der Waals surface area contributed by atoms with E-state index >= 15 is 0 Å². The first-order chi connectivity index (χ1) is 6.36. The van der Waals surface area contributed by atoms with Crippen molar-refractivity contribution in [1.82, 2.24) is 0 Å². The van der Waals surface area contributed by atoms with Crippen molar-refractivity contribution >= 4 is 0 Å². The molecule has 82 valence electrons. The first-order valence-corrected chi connectivity index (χ1v) is 6.36. The van der Waals surface area contributed by atoms with Gasteiger partial charge < -0.3 is 0 Å². The van der Waals surface area contributed by atoms with Crippen molar-refractivity contribution in [1.29, 1.82) is 0 Å². The van der Waals surface area contributed by atoms with Crippen molar-refractivity contribution in [2.24, 2.45) is 34.5 Å². The molecule has 0 amide bonds. The second-order valence-corrected chi connectivity index (χ2v) is 6.72. The highest BCUT2D eigenvalue weighted by Gasteiger charge is 2.75. The van der Waals surface area contributed by atoms with E-state index in [9.17, 15) is 0 Å². The maximum absolute atomic E-state index is 2.50. The molecule has 0 aliphatic heterocycles. The SMILES string of the molecule is CCC(C)C(C)C1C2CC2(C)C1(C)C. The molecule has 5 atom stereocenters. The third-order valence-corrected chi connectivity index (χ3v) is 6.15. The molecule has 0 aromatic carbocycles. The molecule has 0 nitrogen and oxygen atoms in total. The normalized spacial score (nSPS) is 47.6. The van der Waals surface area contributed by atoms with Crippen LogP contribution >= 0.6 is 0 Å². The lowest BCUT2D eigenvalue weighted by Gasteiger charge is -2.54. The molecule has 0 aromatic rings. The lowest BCUT2D eigenvalue weighted by atomic mass is 9.50. The van der Waals surface area contributed by atoms with Crippen molar-refractivity contribution < 1.29 is 0 Å². The van der Waals surface area contributed by atoms with Crippen molar-refractivity contribution in [2.45, 2.75) is 54.4 Å². The molecule has 0 heterocycles. The zero-order valence-corrected chi connectivity index (χ0v) is 10.7. The van der Waals surface area contributed by atoms with Crippen LogP contribution in [-0.4, -0.2) is 0 Å². The van der Waals surface area contributed by atoms with Crippen molar-refractivity contribution in [3.63, 3.8) is 0 Å². The highest BCUT2D eigenvalue weighted by molar-refractivity contribution is 5.23. The lowest BCUT2D eigenvalue weighted by molar-refractivity contribution is -0.0663. The van der Waals surface area contributed by atoms with E-state index in [0.717, 1.165) is 29.1 Å². The van der Waals surface area contributed by atoms with Crippen LogP contribution in [0.15, 0.2) is 0 Å². The van der Waals surface area contributed by atoms with Gasteiger partial charge in [-0.2, -0.15) is 0 Å². The Morgan fingerprint density at radius 1 is 1.21 bits per heavy atom. The molecule has 2 rings (SSSR count). The zero-order chi connectivity index (χ0) is 10.7. The Hall–Kier alpha value is 0. The number of fused-ring (bicyclic) bond motifs is 1. The van der Waals surface area contributed by atoms with Gasteiger partial charge in [-0.15, -0.1) is 0 Å². The predicted molar refractivity (Wildman–Crippen MR) is 62.1 cm³/mol. The molecule has 14 heavy (non-hydrogen) atoms. The lowest BCUT2D eigenvalue weighted by Crippen LogP contribution is -2.49. The molecule has 2 aliphatic carbocycles. The minimum Gasteiger partial charge on any atom is -0.0651 e. The van der Waals surface area contributed by atoms with E-state index in [4.69, 9.17) is 0 Å². The Morgan fingerprint density at radius 2 is 1.79 bits per heavy atom. The summed E-state index contributed by atoms with van der Waals surface area (Å²) >= 11 is 0. The van der Waals surface area contributed by atoms with Gasteiger partial charge in [-0.25, -0.2) is 0 Å². The number of hydrogen-bond acceptors (Lipinski definition) is 0. The topological polar surface area (TPSA) is 0 Å². The zero-order valence-electron chi connectivity index (χ0n) is 10.7. The van der Waals surface area contributed by atoms with Crippen LogP contribution in [0.5, 0.6) is 0 Å². The molecular formula is C14H26.